The van der Waals surface area contributed by atoms with Gasteiger partial charge in [0.2, 0.25) is 5.76 Å². The van der Waals surface area contributed by atoms with Crippen molar-refractivity contribution in [1.29, 1.82) is 0 Å². The van der Waals surface area contributed by atoms with Crippen molar-refractivity contribution in [3.05, 3.63) is 52.6 Å². The third-order valence-corrected chi connectivity index (χ3v) is 6.04. The van der Waals surface area contributed by atoms with E-state index in [1.807, 2.05) is 6.92 Å². The Labute approximate surface area is 198 Å². The van der Waals surface area contributed by atoms with Crippen molar-refractivity contribution in [3.63, 3.8) is 0 Å². The highest BCUT2D eigenvalue weighted by atomic mass is 19.4. The molecule has 9 nitrogen and oxygen atoms in total. The summed E-state index contributed by atoms with van der Waals surface area (Å²) in [5.41, 5.74) is 0.366. The lowest BCUT2D eigenvalue weighted by Crippen LogP contribution is -2.32. The lowest BCUT2D eigenvalue weighted by molar-refractivity contribution is -0.137. The van der Waals surface area contributed by atoms with E-state index in [-0.39, 0.29) is 47.8 Å². The Bertz CT molecular complexity index is 1230. The minimum Gasteiger partial charge on any atom is -0.455 e. The molecule has 3 aromatic heterocycles. The van der Waals surface area contributed by atoms with Gasteiger partial charge in [0.1, 0.15) is 23.3 Å². The van der Waals surface area contributed by atoms with Gasteiger partial charge in [-0.1, -0.05) is 6.92 Å². The summed E-state index contributed by atoms with van der Waals surface area (Å²) in [4.78, 5) is 20.9. The van der Waals surface area contributed by atoms with Crippen LogP contribution in [0.3, 0.4) is 0 Å². The molecule has 2 aliphatic rings. The van der Waals surface area contributed by atoms with Crippen molar-refractivity contribution in [2.45, 2.75) is 51.6 Å². The minimum absolute atomic E-state index is 0.0940. The highest BCUT2D eigenvalue weighted by Gasteiger charge is 2.46. The van der Waals surface area contributed by atoms with Crippen LogP contribution in [0.25, 0.3) is 11.3 Å². The van der Waals surface area contributed by atoms with Crippen LogP contribution in [0.2, 0.25) is 0 Å². The molecule has 4 heterocycles. The van der Waals surface area contributed by atoms with Crippen LogP contribution in [0.1, 0.15) is 51.7 Å². The monoisotopic (exact) mass is 491 g/mol. The Morgan fingerprint density at radius 1 is 1.26 bits per heavy atom. The zero-order valence-corrected chi connectivity index (χ0v) is 19.2. The van der Waals surface area contributed by atoms with Crippen LogP contribution in [-0.2, 0) is 35.2 Å². The molecule has 1 fully saturated rings. The van der Waals surface area contributed by atoms with Crippen molar-refractivity contribution in [2.75, 3.05) is 19.8 Å². The van der Waals surface area contributed by atoms with E-state index in [4.69, 9.17) is 13.9 Å². The second-order valence-corrected chi connectivity index (χ2v) is 8.79. The second-order valence-electron chi connectivity index (χ2n) is 8.79. The average molecular weight is 491 g/mol. The summed E-state index contributed by atoms with van der Waals surface area (Å²) in [6, 6.07) is 0. The van der Waals surface area contributed by atoms with Crippen LogP contribution in [-0.4, -0.2) is 51.6 Å². The topological polar surface area (TPSA) is 104 Å². The van der Waals surface area contributed by atoms with E-state index >= 15 is 0 Å². The summed E-state index contributed by atoms with van der Waals surface area (Å²) < 4.78 is 61.0. The summed E-state index contributed by atoms with van der Waals surface area (Å²) in [5, 5.41) is 6.89. The summed E-state index contributed by atoms with van der Waals surface area (Å²) in [6.07, 6.45) is 0.00981. The van der Waals surface area contributed by atoms with Gasteiger partial charge >= 0.3 is 6.18 Å². The smallest absolute Gasteiger partial charge is 0.420 e. The fraction of sp³-hybridized carbons (Fsp3) is 0.478. The predicted molar refractivity (Wildman–Crippen MR) is 116 cm³/mol. The van der Waals surface area contributed by atoms with Crippen molar-refractivity contribution in [2.24, 2.45) is 0 Å². The largest absolute Gasteiger partial charge is 0.455 e. The molecule has 35 heavy (non-hydrogen) atoms. The number of aromatic nitrogens is 4. The Morgan fingerprint density at radius 3 is 2.71 bits per heavy atom. The molecule has 1 aliphatic heterocycles. The lowest BCUT2D eigenvalue weighted by atomic mass is 9.86. The van der Waals surface area contributed by atoms with Crippen molar-refractivity contribution >= 4 is 5.91 Å². The number of hydrogen-bond donors (Lipinski definition) is 1. The molecule has 1 N–H and O–H groups in total. The summed E-state index contributed by atoms with van der Waals surface area (Å²) in [5.74, 6) is -1.54. The number of hydrogen-bond acceptors (Lipinski definition) is 7. The van der Waals surface area contributed by atoms with Crippen LogP contribution < -0.4 is 5.32 Å². The molecular formula is C23H24F3N5O4. The number of halogens is 3. The van der Waals surface area contributed by atoms with Gasteiger partial charge in [-0.2, -0.15) is 18.3 Å². The number of aryl methyl sites for hydroxylation is 1. The third-order valence-electron chi connectivity index (χ3n) is 6.04. The number of amides is 1. The number of nitrogens with one attached hydrogen (secondary N) is 1. The molecule has 0 bridgehead atoms. The summed E-state index contributed by atoms with van der Waals surface area (Å²) in [6.45, 7) is 5.26. The van der Waals surface area contributed by atoms with Gasteiger partial charge in [0, 0.05) is 30.6 Å². The first-order valence-corrected chi connectivity index (χ1v) is 11.3. The van der Waals surface area contributed by atoms with Crippen LogP contribution in [0.4, 0.5) is 13.2 Å². The maximum Gasteiger partial charge on any atom is 0.420 e. The van der Waals surface area contributed by atoms with Gasteiger partial charge in [-0.15, -0.1) is 0 Å². The molecule has 2 atom stereocenters. The number of ether oxygens (including phenoxy) is 2. The summed E-state index contributed by atoms with van der Waals surface area (Å²) >= 11 is 0. The zero-order chi connectivity index (χ0) is 24.7. The molecule has 3 aromatic rings. The SMILES string of the molecule is Cc1cnc(CNC(=O)c2oc3c(c2C(F)(F)F)-c2nn(C[C@H]4COCCO4)cc2[C@H](C)C3)nc1. The van der Waals surface area contributed by atoms with Gasteiger partial charge in [0.05, 0.1) is 44.2 Å². The highest BCUT2D eigenvalue weighted by molar-refractivity contribution is 5.96. The standard InChI is InChI=1S/C23H24F3N5O4/c1-12-6-27-17(28-7-12)8-29-22(32)21-19(23(24,25)26)18-16(35-21)5-13(2)15-10-31(30-20(15)18)9-14-11-33-3-4-34-14/h6-7,10,13-14H,3-5,8-9,11H2,1-2H3,(H,29,32)/t13-,14+/m1/s1. The highest BCUT2D eigenvalue weighted by Crippen LogP contribution is 2.48. The van der Waals surface area contributed by atoms with E-state index in [1.54, 1.807) is 30.2 Å². The number of nitrogens with zero attached hydrogens (tertiary/aromatic N) is 4. The average Bonchev–Trinajstić information content (AvgIpc) is 3.41. The molecule has 0 unspecified atom stereocenters. The quantitative estimate of drug-likeness (QED) is 0.584. The van der Waals surface area contributed by atoms with Gasteiger partial charge in [-0.3, -0.25) is 9.48 Å². The molecule has 0 radical (unpaired) electrons. The first kappa shape index (κ1) is 23.5. The van der Waals surface area contributed by atoms with Crippen LogP contribution >= 0.6 is 0 Å². The normalized spacial score (nSPS) is 19.8. The Kier molecular flexibility index (Phi) is 6.09. The fourth-order valence-corrected chi connectivity index (χ4v) is 4.38. The van der Waals surface area contributed by atoms with Gasteiger partial charge in [0.15, 0.2) is 0 Å². The summed E-state index contributed by atoms with van der Waals surface area (Å²) in [7, 11) is 0. The van der Waals surface area contributed by atoms with Crippen LogP contribution in [0.15, 0.2) is 23.0 Å². The molecule has 1 amide bonds. The van der Waals surface area contributed by atoms with E-state index in [1.165, 1.54) is 0 Å². The van der Waals surface area contributed by atoms with Crippen LogP contribution in [0.5, 0.6) is 0 Å². The van der Waals surface area contributed by atoms with E-state index in [0.29, 0.717) is 31.9 Å². The first-order valence-electron chi connectivity index (χ1n) is 11.3. The maximum atomic E-state index is 14.3. The fourth-order valence-electron chi connectivity index (χ4n) is 4.38. The van der Waals surface area contributed by atoms with E-state index in [0.717, 1.165) is 5.56 Å². The molecule has 186 valence electrons. The molecule has 5 rings (SSSR count). The number of rotatable bonds is 5. The van der Waals surface area contributed by atoms with Crippen molar-refractivity contribution in [3.8, 4) is 11.3 Å². The Hall–Kier alpha value is -3.25. The van der Waals surface area contributed by atoms with Crippen molar-refractivity contribution in [1.82, 2.24) is 25.1 Å². The van der Waals surface area contributed by atoms with E-state index in [2.05, 4.69) is 20.4 Å². The molecule has 1 aliphatic carbocycles. The third kappa shape index (κ3) is 4.67. The van der Waals surface area contributed by atoms with Gasteiger partial charge in [0.25, 0.3) is 5.91 Å². The van der Waals surface area contributed by atoms with Gasteiger partial charge < -0.3 is 19.2 Å². The molecule has 0 aromatic carbocycles. The predicted octanol–water partition coefficient (Wildman–Crippen LogP) is 3.27. The molecule has 0 saturated carbocycles. The number of carbonyl (C=O) groups excluding carboxylic acids is 1. The first-order chi connectivity index (χ1) is 16.7. The second kappa shape index (κ2) is 9.08. The Morgan fingerprint density at radius 2 is 2.03 bits per heavy atom. The number of carbonyl (C=O) groups is 1. The minimum atomic E-state index is -4.83. The molecular weight excluding hydrogens is 467 g/mol. The lowest BCUT2D eigenvalue weighted by Gasteiger charge is -2.22. The molecule has 12 heteroatoms. The number of fused-ring (bicyclic) bond motifs is 3. The van der Waals surface area contributed by atoms with E-state index < -0.39 is 23.4 Å². The maximum absolute atomic E-state index is 14.3. The zero-order valence-electron chi connectivity index (χ0n) is 19.2. The van der Waals surface area contributed by atoms with Crippen LogP contribution in [0, 0.1) is 6.92 Å². The number of furan rings is 1. The molecule has 1 saturated heterocycles. The van der Waals surface area contributed by atoms with Gasteiger partial charge in [-0.05, 0) is 18.4 Å². The Balaban J connectivity index is 1.47. The number of alkyl halides is 3. The van der Waals surface area contributed by atoms with Gasteiger partial charge in [-0.25, -0.2) is 9.97 Å². The molecule has 0 spiro atoms. The van der Waals surface area contributed by atoms with E-state index in [9.17, 15) is 18.0 Å². The van der Waals surface area contributed by atoms with Crippen molar-refractivity contribution < 1.29 is 31.9 Å².